The molecule has 6 rings (SSSR count). The summed E-state index contributed by atoms with van der Waals surface area (Å²) >= 11 is 6.01. The molecule has 1 amide bonds. The van der Waals surface area contributed by atoms with E-state index >= 15 is 0 Å². The molecule has 0 radical (unpaired) electrons. The van der Waals surface area contributed by atoms with Crippen LogP contribution in [0.25, 0.3) is 11.1 Å². The predicted octanol–water partition coefficient (Wildman–Crippen LogP) is 3.84. The second-order valence-electron chi connectivity index (χ2n) is 9.09. The van der Waals surface area contributed by atoms with Crippen LogP contribution in [0.2, 0.25) is 5.02 Å². The lowest BCUT2D eigenvalue weighted by Gasteiger charge is -2.54. The molecule has 1 unspecified atom stereocenters. The van der Waals surface area contributed by atoms with E-state index in [-0.39, 0.29) is 28.8 Å². The molecule has 8 heteroatoms. The Hall–Kier alpha value is -2.71. The number of piperazine rings is 1. The molecule has 3 aliphatic rings. The van der Waals surface area contributed by atoms with E-state index in [0.29, 0.717) is 23.7 Å². The summed E-state index contributed by atoms with van der Waals surface area (Å²) in [6.45, 7) is 0.846. The molecule has 6 nitrogen and oxygen atoms in total. The van der Waals surface area contributed by atoms with E-state index in [9.17, 15) is 13.2 Å². The van der Waals surface area contributed by atoms with Gasteiger partial charge in [-0.15, -0.1) is 0 Å². The average Bonchev–Trinajstić information content (AvgIpc) is 2.84. The maximum atomic E-state index is 13.1. The van der Waals surface area contributed by atoms with Gasteiger partial charge in [-0.05, 0) is 47.0 Å². The first kappa shape index (κ1) is 23.1. The van der Waals surface area contributed by atoms with Gasteiger partial charge in [0.05, 0.1) is 4.90 Å². The summed E-state index contributed by atoms with van der Waals surface area (Å²) in [5, 5.41) is 3.91. The number of hydrogen-bond acceptors (Lipinski definition) is 4. The molecule has 34 heavy (non-hydrogen) atoms. The van der Waals surface area contributed by atoms with Crippen LogP contribution in [0.15, 0.2) is 77.7 Å². The highest BCUT2D eigenvalue weighted by atomic mass is 35.5. The van der Waals surface area contributed by atoms with Crippen molar-refractivity contribution in [3.63, 3.8) is 0 Å². The van der Waals surface area contributed by atoms with E-state index in [0.717, 1.165) is 11.1 Å². The second kappa shape index (κ2) is 8.82. The highest BCUT2D eigenvalue weighted by Crippen LogP contribution is 2.39. The predicted molar refractivity (Wildman–Crippen MR) is 134 cm³/mol. The van der Waals surface area contributed by atoms with Crippen LogP contribution in [0.5, 0.6) is 0 Å². The molecule has 3 aromatic rings. The highest BCUT2D eigenvalue weighted by molar-refractivity contribution is 7.89. The molecular weight excluding hydrogens is 470 g/mol. The van der Waals surface area contributed by atoms with Crippen LogP contribution in [0.1, 0.15) is 21.8 Å². The SMILES string of the molecule is CN(C)C(=O)c1cccc(-c2ccc(C3[C@@H]4CN(S(=O)(=O)c5cccc(Cl)c5)C[C@H]3N4)cc2)c1. The molecule has 176 valence electrons. The van der Waals surface area contributed by atoms with Gasteiger partial charge in [-0.25, -0.2) is 8.42 Å². The number of piperidine rings is 1. The number of sulfonamides is 1. The van der Waals surface area contributed by atoms with Crippen molar-refractivity contribution in [2.45, 2.75) is 22.9 Å². The van der Waals surface area contributed by atoms with Crippen molar-refractivity contribution in [1.82, 2.24) is 14.5 Å². The quantitative estimate of drug-likeness (QED) is 0.584. The minimum atomic E-state index is -3.57. The summed E-state index contributed by atoms with van der Waals surface area (Å²) in [7, 11) is -0.0854. The van der Waals surface area contributed by atoms with Gasteiger partial charge in [-0.1, -0.05) is 54.1 Å². The summed E-state index contributed by atoms with van der Waals surface area (Å²) < 4.78 is 27.7. The van der Waals surface area contributed by atoms with E-state index in [1.54, 1.807) is 41.5 Å². The van der Waals surface area contributed by atoms with E-state index < -0.39 is 10.0 Å². The number of fused-ring (bicyclic) bond motifs is 2. The van der Waals surface area contributed by atoms with Crippen molar-refractivity contribution in [3.8, 4) is 11.1 Å². The molecule has 3 aromatic carbocycles. The topological polar surface area (TPSA) is 69.7 Å². The smallest absolute Gasteiger partial charge is 0.253 e. The Kier molecular flexibility index (Phi) is 5.98. The minimum Gasteiger partial charge on any atom is -0.345 e. The van der Waals surface area contributed by atoms with Crippen LogP contribution in [0.4, 0.5) is 0 Å². The van der Waals surface area contributed by atoms with Crippen molar-refractivity contribution in [1.29, 1.82) is 0 Å². The van der Waals surface area contributed by atoms with Crippen LogP contribution in [0, 0.1) is 0 Å². The highest BCUT2D eigenvalue weighted by Gasteiger charge is 2.49. The Morgan fingerprint density at radius 1 is 0.941 bits per heavy atom. The first-order valence-electron chi connectivity index (χ1n) is 11.2. The van der Waals surface area contributed by atoms with Crippen LogP contribution in [-0.4, -0.2) is 62.8 Å². The minimum absolute atomic E-state index is 0.0240. The van der Waals surface area contributed by atoms with Gasteiger partial charge in [0, 0.05) is 55.8 Å². The number of benzene rings is 3. The van der Waals surface area contributed by atoms with Crippen LogP contribution in [-0.2, 0) is 10.0 Å². The number of hydrogen-bond donors (Lipinski definition) is 1. The monoisotopic (exact) mass is 495 g/mol. The molecule has 3 aliphatic heterocycles. The third kappa shape index (κ3) is 4.14. The summed E-state index contributed by atoms with van der Waals surface area (Å²) in [6, 6.07) is 22.6. The number of carbonyl (C=O) groups is 1. The fourth-order valence-electron chi connectivity index (χ4n) is 4.92. The molecule has 0 saturated carbocycles. The number of amides is 1. The molecule has 0 spiro atoms. The fraction of sp³-hybridized carbons (Fsp3) is 0.269. The van der Waals surface area contributed by atoms with E-state index in [1.165, 1.54) is 11.6 Å². The van der Waals surface area contributed by atoms with Gasteiger partial charge in [0.15, 0.2) is 0 Å². The van der Waals surface area contributed by atoms with Gasteiger partial charge < -0.3 is 10.2 Å². The molecule has 0 aliphatic carbocycles. The van der Waals surface area contributed by atoms with Crippen molar-refractivity contribution < 1.29 is 13.2 Å². The first-order valence-corrected chi connectivity index (χ1v) is 13.0. The Labute approximate surface area is 205 Å². The van der Waals surface area contributed by atoms with Gasteiger partial charge in [-0.2, -0.15) is 4.31 Å². The molecule has 3 saturated heterocycles. The molecule has 0 aromatic heterocycles. The van der Waals surface area contributed by atoms with E-state index in [4.69, 9.17) is 11.6 Å². The first-order chi connectivity index (χ1) is 16.2. The standard InChI is InChI=1S/C26H26ClN3O3S/c1-29(2)26(31)20-6-3-5-19(13-20)17-9-11-18(12-10-17)25-23-15-30(16-24(25)28-23)34(32,33)22-8-4-7-21(27)14-22/h3-14,23-25,28H,15-16H2,1-2H3/t23-,24+,25?. The van der Waals surface area contributed by atoms with Crippen molar-refractivity contribution in [3.05, 3.63) is 88.9 Å². The maximum absolute atomic E-state index is 13.1. The van der Waals surface area contributed by atoms with Crippen molar-refractivity contribution in [2.75, 3.05) is 27.2 Å². The zero-order valence-corrected chi connectivity index (χ0v) is 20.6. The van der Waals surface area contributed by atoms with Crippen LogP contribution >= 0.6 is 11.6 Å². The Bertz CT molecular complexity index is 1330. The van der Waals surface area contributed by atoms with Crippen molar-refractivity contribution >= 4 is 27.5 Å². The van der Waals surface area contributed by atoms with Gasteiger partial charge in [0.2, 0.25) is 10.0 Å². The normalized spacial score (nSPS) is 22.1. The third-order valence-electron chi connectivity index (χ3n) is 6.67. The summed E-state index contributed by atoms with van der Waals surface area (Å²) in [6.07, 6.45) is 0. The lowest BCUT2D eigenvalue weighted by atomic mass is 9.75. The van der Waals surface area contributed by atoms with E-state index in [1.807, 2.05) is 24.3 Å². The molecule has 2 bridgehead atoms. The summed E-state index contributed by atoms with van der Waals surface area (Å²) in [4.78, 5) is 14.1. The zero-order valence-electron chi connectivity index (χ0n) is 19.0. The molecule has 3 fully saturated rings. The number of carbonyl (C=O) groups excluding carboxylic acids is 1. The fourth-order valence-corrected chi connectivity index (χ4v) is 6.71. The zero-order chi connectivity index (χ0) is 24.0. The van der Waals surface area contributed by atoms with E-state index in [2.05, 4.69) is 29.6 Å². The molecule has 1 N–H and O–H groups in total. The third-order valence-corrected chi connectivity index (χ3v) is 8.74. The number of nitrogens with zero attached hydrogens (tertiary/aromatic N) is 2. The summed E-state index contributed by atoms with van der Waals surface area (Å²) in [5.41, 5.74) is 3.88. The lowest BCUT2D eigenvalue weighted by Crippen LogP contribution is -2.72. The van der Waals surface area contributed by atoms with Crippen LogP contribution in [0.3, 0.4) is 0 Å². The Balaban J connectivity index is 1.31. The maximum Gasteiger partial charge on any atom is 0.253 e. The van der Waals surface area contributed by atoms with Crippen molar-refractivity contribution in [2.24, 2.45) is 0 Å². The number of halogens is 1. The largest absolute Gasteiger partial charge is 0.345 e. The van der Waals surface area contributed by atoms with Gasteiger partial charge >= 0.3 is 0 Å². The number of nitrogens with one attached hydrogen (secondary N) is 1. The molecule has 3 atom stereocenters. The molecule has 3 heterocycles. The van der Waals surface area contributed by atoms with Gasteiger partial charge in [-0.3, -0.25) is 4.79 Å². The molecular formula is C26H26ClN3O3S. The van der Waals surface area contributed by atoms with Crippen LogP contribution < -0.4 is 5.32 Å². The summed E-state index contributed by atoms with van der Waals surface area (Å²) in [5.74, 6) is 0.241. The number of rotatable bonds is 5. The average molecular weight is 496 g/mol. The lowest BCUT2D eigenvalue weighted by molar-refractivity contribution is 0.0827. The Morgan fingerprint density at radius 2 is 1.62 bits per heavy atom. The Morgan fingerprint density at radius 3 is 2.26 bits per heavy atom. The second-order valence-corrected chi connectivity index (χ2v) is 11.5. The van der Waals surface area contributed by atoms with Gasteiger partial charge in [0.25, 0.3) is 5.91 Å². The van der Waals surface area contributed by atoms with Gasteiger partial charge in [0.1, 0.15) is 0 Å².